The average Bonchev–Trinajstić information content (AvgIpc) is 2.39. The van der Waals surface area contributed by atoms with Gasteiger partial charge in [0, 0.05) is 18.0 Å². The predicted molar refractivity (Wildman–Crippen MR) is 89.1 cm³/mol. The van der Waals surface area contributed by atoms with Crippen LogP contribution in [0.15, 0.2) is 18.2 Å². The molecule has 0 heterocycles. The first-order chi connectivity index (χ1) is 9.30. The molecule has 0 amide bonds. The van der Waals surface area contributed by atoms with Crippen molar-refractivity contribution in [1.29, 1.82) is 0 Å². The second kappa shape index (κ2) is 10.2. The van der Waals surface area contributed by atoms with Gasteiger partial charge in [0.2, 0.25) is 0 Å². The summed E-state index contributed by atoms with van der Waals surface area (Å²) in [5, 5.41) is 3.43. The molecule has 0 atom stereocenters. The van der Waals surface area contributed by atoms with E-state index in [1.54, 1.807) is 0 Å². The molecule has 0 aromatic heterocycles. The lowest BCUT2D eigenvalue weighted by Crippen LogP contribution is -2.00. The van der Waals surface area contributed by atoms with E-state index in [2.05, 4.69) is 36.7 Å². The molecular weight excluding hydrogens is 252 g/mol. The van der Waals surface area contributed by atoms with Crippen LogP contribution in [0.3, 0.4) is 0 Å². The summed E-state index contributed by atoms with van der Waals surface area (Å²) in [5.41, 5.74) is 9.69. The van der Waals surface area contributed by atoms with Gasteiger partial charge >= 0.3 is 0 Å². The molecule has 0 saturated heterocycles. The maximum absolute atomic E-state index is 5.52. The Morgan fingerprint density at radius 1 is 1.05 bits per heavy atom. The molecule has 19 heavy (non-hydrogen) atoms. The summed E-state index contributed by atoms with van der Waals surface area (Å²) in [6.45, 7) is 3.96. The van der Waals surface area contributed by atoms with Crippen LogP contribution >= 0.6 is 11.8 Å². The van der Waals surface area contributed by atoms with Crippen molar-refractivity contribution in [2.24, 2.45) is 5.73 Å². The van der Waals surface area contributed by atoms with Crippen molar-refractivity contribution in [1.82, 2.24) is 0 Å². The Bertz CT molecular complexity index is 328. The SMILES string of the molecule is CCNc1cc(CCCCCCN)cc(CSC)c1. The Morgan fingerprint density at radius 3 is 2.47 bits per heavy atom. The molecule has 3 heteroatoms. The van der Waals surface area contributed by atoms with Gasteiger partial charge in [-0.05, 0) is 62.2 Å². The molecular formula is C16H28N2S. The van der Waals surface area contributed by atoms with Crippen LogP contribution in [0.1, 0.15) is 43.7 Å². The first-order valence-electron chi connectivity index (χ1n) is 7.35. The van der Waals surface area contributed by atoms with Gasteiger partial charge in [0.05, 0.1) is 0 Å². The highest BCUT2D eigenvalue weighted by molar-refractivity contribution is 7.97. The maximum Gasteiger partial charge on any atom is 0.0345 e. The first-order valence-corrected chi connectivity index (χ1v) is 8.75. The predicted octanol–water partition coefficient (Wildman–Crippen LogP) is 4.04. The Morgan fingerprint density at radius 2 is 1.79 bits per heavy atom. The van der Waals surface area contributed by atoms with Crippen LogP contribution in [-0.4, -0.2) is 19.3 Å². The van der Waals surface area contributed by atoms with Crippen molar-refractivity contribution in [2.75, 3.05) is 24.7 Å². The number of aryl methyl sites for hydroxylation is 1. The second-order valence-corrected chi connectivity index (χ2v) is 5.82. The number of anilines is 1. The lowest BCUT2D eigenvalue weighted by atomic mass is 10.0. The van der Waals surface area contributed by atoms with Gasteiger partial charge in [-0.25, -0.2) is 0 Å². The zero-order chi connectivity index (χ0) is 13.9. The molecule has 1 rings (SSSR count). The summed E-state index contributed by atoms with van der Waals surface area (Å²) in [6.07, 6.45) is 8.34. The van der Waals surface area contributed by atoms with Crippen molar-refractivity contribution in [2.45, 2.75) is 44.8 Å². The van der Waals surface area contributed by atoms with Crippen molar-refractivity contribution < 1.29 is 0 Å². The zero-order valence-corrected chi connectivity index (χ0v) is 13.2. The lowest BCUT2D eigenvalue weighted by Gasteiger charge is -2.10. The number of benzene rings is 1. The van der Waals surface area contributed by atoms with E-state index in [4.69, 9.17) is 5.73 Å². The normalized spacial score (nSPS) is 10.7. The molecule has 3 N–H and O–H groups in total. The summed E-state index contributed by atoms with van der Waals surface area (Å²) in [4.78, 5) is 0. The van der Waals surface area contributed by atoms with E-state index < -0.39 is 0 Å². The summed E-state index contributed by atoms with van der Waals surface area (Å²) >= 11 is 1.88. The third-order valence-corrected chi connectivity index (χ3v) is 3.79. The fourth-order valence-corrected chi connectivity index (χ4v) is 2.79. The van der Waals surface area contributed by atoms with E-state index in [-0.39, 0.29) is 0 Å². The van der Waals surface area contributed by atoms with Crippen LogP contribution < -0.4 is 11.1 Å². The fraction of sp³-hybridized carbons (Fsp3) is 0.625. The topological polar surface area (TPSA) is 38.0 Å². The first kappa shape index (κ1) is 16.4. The lowest BCUT2D eigenvalue weighted by molar-refractivity contribution is 0.646. The number of unbranched alkanes of at least 4 members (excludes halogenated alkanes) is 3. The van der Waals surface area contributed by atoms with E-state index in [0.717, 1.165) is 25.3 Å². The molecule has 0 spiro atoms. The van der Waals surface area contributed by atoms with Crippen molar-refractivity contribution in [3.63, 3.8) is 0 Å². The molecule has 0 bridgehead atoms. The number of rotatable bonds is 10. The molecule has 1 aromatic rings. The molecule has 0 saturated carbocycles. The highest BCUT2D eigenvalue weighted by Gasteiger charge is 2.01. The number of nitrogens with two attached hydrogens (primary N) is 1. The Labute approximate surface area is 122 Å². The molecule has 0 radical (unpaired) electrons. The van der Waals surface area contributed by atoms with Gasteiger partial charge in [-0.15, -0.1) is 0 Å². The minimum atomic E-state index is 0.827. The minimum Gasteiger partial charge on any atom is -0.385 e. The highest BCUT2D eigenvalue weighted by atomic mass is 32.2. The molecule has 0 unspecified atom stereocenters. The number of nitrogens with one attached hydrogen (secondary N) is 1. The van der Waals surface area contributed by atoms with Gasteiger partial charge in [-0.3, -0.25) is 0 Å². The van der Waals surface area contributed by atoms with E-state index in [9.17, 15) is 0 Å². The van der Waals surface area contributed by atoms with E-state index in [1.165, 1.54) is 42.5 Å². The monoisotopic (exact) mass is 280 g/mol. The molecule has 0 aliphatic heterocycles. The summed E-state index contributed by atoms with van der Waals surface area (Å²) in [5.74, 6) is 1.10. The van der Waals surface area contributed by atoms with Crippen LogP contribution in [0.5, 0.6) is 0 Å². The van der Waals surface area contributed by atoms with Crippen molar-refractivity contribution >= 4 is 17.4 Å². The molecule has 108 valence electrons. The summed E-state index contributed by atoms with van der Waals surface area (Å²) in [6, 6.07) is 6.94. The molecule has 0 fully saturated rings. The van der Waals surface area contributed by atoms with E-state index in [1.807, 2.05) is 11.8 Å². The highest BCUT2D eigenvalue weighted by Crippen LogP contribution is 2.20. The average molecular weight is 280 g/mol. The second-order valence-electron chi connectivity index (χ2n) is 4.95. The van der Waals surface area contributed by atoms with Gasteiger partial charge in [0.15, 0.2) is 0 Å². The van der Waals surface area contributed by atoms with Gasteiger partial charge in [0.25, 0.3) is 0 Å². The van der Waals surface area contributed by atoms with Crippen LogP contribution in [0, 0.1) is 0 Å². The van der Waals surface area contributed by atoms with Crippen molar-refractivity contribution in [3.8, 4) is 0 Å². The van der Waals surface area contributed by atoms with E-state index >= 15 is 0 Å². The molecule has 2 nitrogen and oxygen atoms in total. The van der Waals surface area contributed by atoms with Gasteiger partial charge in [-0.2, -0.15) is 11.8 Å². The van der Waals surface area contributed by atoms with Crippen LogP contribution in [0.2, 0.25) is 0 Å². The van der Waals surface area contributed by atoms with Crippen LogP contribution in [0.4, 0.5) is 5.69 Å². The summed E-state index contributed by atoms with van der Waals surface area (Å²) < 4.78 is 0. The quantitative estimate of drug-likeness (QED) is 0.635. The standard InChI is InChI=1S/C16H28N2S/c1-3-18-16-11-14(8-6-4-5-7-9-17)10-15(12-16)13-19-2/h10-12,18H,3-9,13,17H2,1-2H3. The molecule has 0 aliphatic rings. The molecule has 1 aromatic carbocycles. The third-order valence-electron chi connectivity index (χ3n) is 3.16. The van der Waals surface area contributed by atoms with Gasteiger partial charge < -0.3 is 11.1 Å². The Balaban J connectivity index is 2.54. The molecule has 0 aliphatic carbocycles. The zero-order valence-electron chi connectivity index (χ0n) is 12.4. The largest absolute Gasteiger partial charge is 0.385 e. The van der Waals surface area contributed by atoms with Gasteiger partial charge in [-0.1, -0.05) is 18.9 Å². The number of thioether (sulfide) groups is 1. The minimum absolute atomic E-state index is 0.827. The maximum atomic E-state index is 5.52. The van der Waals surface area contributed by atoms with Crippen LogP contribution in [0.25, 0.3) is 0 Å². The third kappa shape index (κ3) is 6.88. The Kier molecular flexibility index (Phi) is 8.76. The summed E-state index contributed by atoms with van der Waals surface area (Å²) in [7, 11) is 0. The van der Waals surface area contributed by atoms with Crippen molar-refractivity contribution in [3.05, 3.63) is 29.3 Å². The van der Waals surface area contributed by atoms with Crippen LogP contribution in [-0.2, 0) is 12.2 Å². The smallest absolute Gasteiger partial charge is 0.0345 e. The Hall–Kier alpha value is -0.670. The van der Waals surface area contributed by atoms with Gasteiger partial charge in [0.1, 0.15) is 0 Å². The van der Waals surface area contributed by atoms with E-state index in [0.29, 0.717) is 0 Å². The number of hydrogen-bond donors (Lipinski definition) is 2. The number of hydrogen-bond acceptors (Lipinski definition) is 3. The fourth-order valence-electron chi connectivity index (χ4n) is 2.29.